The highest BCUT2D eigenvalue weighted by atomic mass is 32.2. The van der Waals surface area contributed by atoms with Gasteiger partial charge in [0.05, 0.1) is 16.3 Å². The number of nitrogens with one attached hydrogen (secondary N) is 1. The van der Waals surface area contributed by atoms with E-state index in [9.17, 15) is 8.42 Å². The molecule has 120 valence electrons. The Morgan fingerprint density at radius 3 is 2.05 bits per heavy atom. The van der Waals surface area contributed by atoms with Crippen molar-refractivity contribution in [1.29, 1.82) is 0 Å². The first-order valence-electron chi connectivity index (χ1n) is 7.32. The molecule has 5 nitrogen and oxygen atoms in total. The number of nitrogens with two attached hydrogens (primary N) is 1. The highest BCUT2D eigenvalue weighted by molar-refractivity contribution is 7.89. The van der Waals surface area contributed by atoms with Crippen molar-refractivity contribution in [3.05, 3.63) is 18.2 Å². The van der Waals surface area contributed by atoms with Crippen molar-refractivity contribution >= 4 is 21.4 Å². The molecule has 0 heterocycles. The molecule has 6 heteroatoms. The lowest BCUT2D eigenvalue weighted by atomic mass is 9.89. The van der Waals surface area contributed by atoms with Gasteiger partial charge in [-0.05, 0) is 37.5 Å². The van der Waals surface area contributed by atoms with Crippen LogP contribution in [0.25, 0.3) is 0 Å². The van der Waals surface area contributed by atoms with Crippen molar-refractivity contribution in [3.63, 3.8) is 0 Å². The van der Waals surface area contributed by atoms with E-state index in [1.165, 1.54) is 24.5 Å². The molecular formula is C15H27N3O2S. The smallest absolute Gasteiger partial charge is 0.242 e. The summed E-state index contributed by atoms with van der Waals surface area (Å²) in [6.07, 6.45) is 2.95. The Hall–Kier alpha value is -1.27. The van der Waals surface area contributed by atoms with E-state index in [1.54, 1.807) is 12.1 Å². The molecule has 0 saturated carbocycles. The lowest BCUT2D eigenvalue weighted by Crippen LogP contribution is -2.36. The Morgan fingerprint density at radius 2 is 1.67 bits per heavy atom. The second-order valence-electron chi connectivity index (χ2n) is 5.50. The Balaban J connectivity index is 3.15. The number of hydrogen-bond donors (Lipinski definition) is 2. The molecule has 0 unspecified atom stereocenters. The van der Waals surface area contributed by atoms with Crippen LogP contribution in [0.2, 0.25) is 0 Å². The number of nitrogens with zero attached hydrogens (tertiary/aromatic N) is 1. The highest BCUT2D eigenvalue weighted by Gasteiger charge is 2.25. The quantitative estimate of drug-likeness (QED) is 0.759. The predicted octanol–water partition coefficient (Wildman–Crippen LogP) is 2.90. The van der Waals surface area contributed by atoms with Crippen molar-refractivity contribution < 1.29 is 8.42 Å². The van der Waals surface area contributed by atoms with E-state index in [-0.39, 0.29) is 10.4 Å². The third kappa shape index (κ3) is 3.68. The van der Waals surface area contributed by atoms with Gasteiger partial charge in [0.25, 0.3) is 0 Å². The zero-order valence-electron chi connectivity index (χ0n) is 13.6. The number of rotatable bonds is 7. The molecule has 3 N–H and O–H groups in total. The molecule has 0 fully saturated rings. The van der Waals surface area contributed by atoms with Gasteiger partial charge in [-0.25, -0.2) is 12.7 Å². The largest absolute Gasteiger partial charge is 0.397 e. The molecule has 0 amide bonds. The van der Waals surface area contributed by atoms with Crippen molar-refractivity contribution in [2.24, 2.45) is 0 Å². The summed E-state index contributed by atoms with van der Waals surface area (Å²) in [5.41, 5.74) is 7.29. The van der Waals surface area contributed by atoms with Crippen LogP contribution in [0.1, 0.15) is 40.0 Å². The second kappa shape index (κ2) is 6.66. The maximum absolute atomic E-state index is 12.1. The van der Waals surface area contributed by atoms with Crippen LogP contribution in [-0.2, 0) is 10.0 Å². The Bertz CT molecular complexity index is 570. The minimum absolute atomic E-state index is 0.00391. The maximum Gasteiger partial charge on any atom is 0.242 e. The fourth-order valence-electron chi connectivity index (χ4n) is 2.33. The molecule has 1 rings (SSSR count). The molecule has 0 aliphatic heterocycles. The summed E-state index contributed by atoms with van der Waals surface area (Å²) in [4.78, 5) is 0.214. The van der Waals surface area contributed by atoms with Gasteiger partial charge in [-0.3, -0.25) is 0 Å². The molecule has 1 aromatic carbocycles. The van der Waals surface area contributed by atoms with Crippen molar-refractivity contribution in [2.75, 3.05) is 25.1 Å². The molecule has 0 radical (unpaired) electrons. The first kappa shape index (κ1) is 17.8. The van der Waals surface area contributed by atoms with Crippen LogP contribution in [-0.4, -0.2) is 32.4 Å². The number of hydrogen-bond acceptors (Lipinski definition) is 4. The average Bonchev–Trinajstić information content (AvgIpc) is 2.46. The fraction of sp³-hybridized carbons (Fsp3) is 0.600. The lowest BCUT2D eigenvalue weighted by Gasteiger charge is -2.33. The topological polar surface area (TPSA) is 75.4 Å². The Morgan fingerprint density at radius 1 is 1.14 bits per heavy atom. The van der Waals surface area contributed by atoms with Gasteiger partial charge in [-0.1, -0.05) is 20.8 Å². The molecule has 21 heavy (non-hydrogen) atoms. The summed E-state index contributed by atoms with van der Waals surface area (Å²) < 4.78 is 25.4. The van der Waals surface area contributed by atoms with Crippen LogP contribution in [0.15, 0.2) is 23.1 Å². The Kier molecular flexibility index (Phi) is 5.64. The van der Waals surface area contributed by atoms with Crippen LogP contribution in [0, 0.1) is 0 Å². The highest BCUT2D eigenvalue weighted by Crippen LogP contribution is 2.30. The summed E-state index contributed by atoms with van der Waals surface area (Å²) in [7, 11) is -0.435. The minimum Gasteiger partial charge on any atom is -0.397 e. The van der Waals surface area contributed by atoms with Gasteiger partial charge in [0.1, 0.15) is 0 Å². The minimum atomic E-state index is -3.45. The van der Waals surface area contributed by atoms with Gasteiger partial charge in [-0.15, -0.1) is 0 Å². The maximum atomic E-state index is 12.1. The van der Waals surface area contributed by atoms with Crippen LogP contribution in [0.4, 0.5) is 11.4 Å². The van der Waals surface area contributed by atoms with Gasteiger partial charge in [0.2, 0.25) is 10.0 Å². The van der Waals surface area contributed by atoms with Crippen molar-refractivity contribution in [1.82, 2.24) is 4.31 Å². The number of sulfonamides is 1. The van der Waals surface area contributed by atoms with E-state index in [0.29, 0.717) is 5.69 Å². The molecular weight excluding hydrogens is 286 g/mol. The van der Waals surface area contributed by atoms with Crippen LogP contribution >= 0.6 is 0 Å². The summed E-state index contributed by atoms with van der Waals surface area (Å²) in [5, 5.41) is 3.48. The first-order valence-corrected chi connectivity index (χ1v) is 8.76. The standard InChI is InChI=1S/C15H27N3O2S/c1-6-15(7-2,8-3)17-14-10-9-12(11-13(14)16)21(19,20)18(4)5/h9-11,17H,6-8,16H2,1-5H3. The molecule has 0 atom stereocenters. The second-order valence-corrected chi connectivity index (χ2v) is 7.65. The third-order valence-corrected chi connectivity index (χ3v) is 6.04. The van der Waals surface area contributed by atoms with Gasteiger partial charge in [0.15, 0.2) is 0 Å². The van der Waals surface area contributed by atoms with Crippen LogP contribution in [0.3, 0.4) is 0 Å². The van der Waals surface area contributed by atoms with E-state index in [2.05, 4.69) is 26.1 Å². The summed E-state index contributed by atoms with van der Waals surface area (Å²) >= 11 is 0. The van der Waals surface area contributed by atoms with Crippen molar-refractivity contribution in [3.8, 4) is 0 Å². The monoisotopic (exact) mass is 313 g/mol. The molecule has 1 aromatic rings. The van der Waals surface area contributed by atoms with E-state index < -0.39 is 10.0 Å². The summed E-state index contributed by atoms with van der Waals surface area (Å²) in [5.74, 6) is 0. The van der Waals surface area contributed by atoms with Crippen molar-refractivity contribution in [2.45, 2.75) is 50.5 Å². The molecule has 0 aliphatic carbocycles. The van der Waals surface area contributed by atoms with E-state index in [0.717, 1.165) is 24.9 Å². The molecule has 0 aliphatic rings. The molecule has 0 bridgehead atoms. The normalized spacial score (nSPS) is 12.7. The van der Waals surface area contributed by atoms with Gasteiger partial charge in [0, 0.05) is 19.6 Å². The molecule has 0 spiro atoms. The summed E-state index contributed by atoms with van der Waals surface area (Å²) in [6.45, 7) is 6.42. The third-order valence-electron chi connectivity index (χ3n) is 4.23. The first-order chi connectivity index (χ1) is 9.72. The number of nitrogen functional groups attached to an aromatic ring is 1. The van der Waals surface area contributed by atoms with Gasteiger partial charge >= 0.3 is 0 Å². The van der Waals surface area contributed by atoms with Gasteiger partial charge < -0.3 is 11.1 Å². The summed E-state index contributed by atoms with van der Waals surface area (Å²) in [6, 6.07) is 4.87. The Labute approximate surface area is 128 Å². The lowest BCUT2D eigenvalue weighted by molar-refractivity contribution is 0.420. The van der Waals surface area contributed by atoms with E-state index in [4.69, 9.17) is 5.73 Å². The van der Waals surface area contributed by atoms with Gasteiger partial charge in [-0.2, -0.15) is 0 Å². The SMILES string of the molecule is CCC(CC)(CC)Nc1ccc(S(=O)(=O)N(C)C)cc1N. The van der Waals surface area contributed by atoms with E-state index in [1.807, 2.05) is 0 Å². The van der Waals surface area contributed by atoms with Crippen LogP contribution in [0.5, 0.6) is 0 Å². The van der Waals surface area contributed by atoms with Crippen LogP contribution < -0.4 is 11.1 Å². The zero-order valence-corrected chi connectivity index (χ0v) is 14.4. The number of anilines is 2. The average molecular weight is 313 g/mol. The van der Waals surface area contributed by atoms with E-state index >= 15 is 0 Å². The molecule has 0 saturated heterocycles. The fourth-order valence-corrected chi connectivity index (χ4v) is 3.26. The predicted molar refractivity (Wildman–Crippen MR) is 89.0 cm³/mol. The number of benzene rings is 1. The molecule has 0 aromatic heterocycles. The zero-order chi connectivity index (χ0) is 16.3.